The van der Waals surface area contributed by atoms with E-state index in [0.29, 0.717) is 13.0 Å². The van der Waals surface area contributed by atoms with Crippen molar-refractivity contribution in [2.45, 2.75) is 19.8 Å². The van der Waals surface area contributed by atoms with E-state index < -0.39 is 29.7 Å². The van der Waals surface area contributed by atoms with Gasteiger partial charge in [0.2, 0.25) is 0 Å². The first-order valence-electron chi connectivity index (χ1n) is 9.16. The van der Waals surface area contributed by atoms with Gasteiger partial charge in [0.05, 0.1) is 22.3 Å². The van der Waals surface area contributed by atoms with Crippen LogP contribution in [0.5, 0.6) is 0 Å². The van der Waals surface area contributed by atoms with Crippen LogP contribution in [0.3, 0.4) is 0 Å². The molecule has 1 heterocycles. The van der Waals surface area contributed by atoms with Gasteiger partial charge in [0, 0.05) is 17.8 Å². The van der Waals surface area contributed by atoms with Gasteiger partial charge in [0.25, 0.3) is 17.7 Å². The molecule has 9 nitrogen and oxygen atoms in total. The van der Waals surface area contributed by atoms with Gasteiger partial charge in [-0.15, -0.1) is 0 Å². The highest BCUT2D eigenvalue weighted by molar-refractivity contribution is 6.22. The third kappa shape index (κ3) is 3.90. The number of carboxylic acid groups (broad SMARTS) is 2. The minimum Gasteiger partial charge on any atom is -0.478 e. The third-order valence-corrected chi connectivity index (χ3v) is 4.65. The molecule has 0 aliphatic carbocycles. The Morgan fingerprint density at radius 2 is 1.47 bits per heavy atom. The van der Waals surface area contributed by atoms with Crippen molar-refractivity contribution in [1.82, 2.24) is 4.90 Å². The molecule has 1 aliphatic heterocycles. The van der Waals surface area contributed by atoms with Gasteiger partial charge < -0.3 is 15.5 Å². The SMILES string of the molecule is CCCCN1C(=O)c2ccc(C(=O)Nc3cc(C(=O)O)cc(C(=O)O)c3)cc2C1=O. The van der Waals surface area contributed by atoms with Gasteiger partial charge in [-0.1, -0.05) is 13.3 Å². The van der Waals surface area contributed by atoms with Crippen molar-refractivity contribution in [1.29, 1.82) is 0 Å². The summed E-state index contributed by atoms with van der Waals surface area (Å²) in [6.45, 7) is 2.24. The average molecular weight is 410 g/mol. The van der Waals surface area contributed by atoms with Crippen molar-refractivity contribution in [2.75, 3.05) is 11.9 Å². The number of rotatable bonds is 7. The second-order valence-electron chi connectivity index (χ2n) is 6.74. The number of hydrogen-bond donors (Lipinski definition) is 3. The predicted molar refractivity (Wildman–Crippen MR) is 105 cm³/mol. The maximum Gasteiger partial charge on any atom is 0.335 e. The molecule has 154 valence electrons. The molecule has 0 radical (unpaired) electrons. The van der Waals surface area contributed by atoms with Crippen LogP contribution in [0.25, 0.3) is 0 Å². The Bertz CT molecular complexity index is 1060. The summed E-state index contributed by atoms with van der Waals surface area (Å²) in [5.41, 5.74) is -0.212. The van der Waals surface area contributed by atoms with Crippen molar-refractivity contribution < 1.29 is 34.2 Å². The number of anilines is 1. The van der Waals surface area contributed by atoms with E-state index in [1.165, 1.54) is 18.2 Å². The molecule has 0 spiro atoms. The molecule has 0 saturated heterocycles. The lowest BCUT2D eigenvalue weighted by atomic mass is 10.0. The van der Waals surface area contributed by atoms with Gasteiger partial charge >= 0.3 is 11.9 Å². The third-order valence-electron chi connectivity index (χ3n) is 4.65. The monoisotopic (exact) mass is 410 g/mol. The molecular weight excluding hydrogens is 392 g/mol. The second kappa shape index (κ2) is 8.16. The lowest BCUT2D eigenvalue weighted by Gasteiger charge is -2.12. The molecule has 0 atom stereocenters. The summed E-state index contributed by atoms with van der Waals surface area (Å²) in [5.74, 6) is -4.25. The molecule has 2 aromatic carbocycles. The maximum atomic E-state index is 12.6. The van der Waals surface area contributed by atoms with Crippen LogP contribution in [-0.4, -0.2) is 51.3 Å². The van der Waals surface area contributed by atoms with E-state index in [-0.39, 0.29) is 33.5 Å². The van der Waals surface area contributed by atoms with Crippen LogP contribution < -0.4 is 5.32 Å². The number of carbonyl (C=O) groups is 5. The second-order valence-corrected chi connectivity index (χ2v) is 6.74. The highest BCUT2D eigenvalue weighted by Gasteiger charge is 2.35. The lowest BCUT2D eigenvalue weighted by Crippen LogP contribution is -2.30. The number of aromatic carboxylic acids is 2. The van der Waals surface area contributed by atoms with E-state index in [1.807, 2.05) is 6.92 Å². The van der Waals surface area contributed by atoms with Gasteiger partial charge in [-0.3, -0.25) is 19.3 Å². The first-order valence-corrected chi connectivity index (χ1v) is 9.16. The first kappa shape index (κ1) is 20.7. The summed E-state index contributed by atoms with van der Waals surface area (Å²) >= 11 is 0. The zero-order valence-electron chi connectivity index (χ0n) is 16.0. The quantitative estimate of drug-likeness (QED) is 0.596. The smallest absolute Gasteiger partial charge is 0.335 e. The number of benzene rings is 2. The molecule has 0 saturated carbocycles. The zero-order valence-corrected chi connectivity index (χ0v) is 16.0. The Morgan fingerprint density at radius 3 is 2.03 bits per heavy atom. The number of carbonyl (C=O) groups excluding carboxylic acids is 3. The van der Waals surface area contributed by atoms with Crippen LogP contribution in [0.2, 0.25) is 0 Å². The van der Waals surface area contributed by atoms with E-state index in [9.17, 15) is 24.0 Å². The number of carboxylic acids is 2. The van der Waals surface area contributed by atoms with Gasteiger partial charge in [0.15, 0.2) is 0 Å². The minimum atomic E-state index is -1.34. The molecule has 0 fully saturated rings. The Kier molecular flexibility index (Phi) is 5.63. The molecule has 0 bridgehead atoms. The topological polar surface area (TPSA) is 141 Å². The van der Waals surface area contributed by atoms with E-state index in [2.05, 4.69) is 5.32 Å². The predicted octanol–water partition coefficient (Wildman–Crippen LogP) is 2.73. The highest BCUT2D eigenvalue weighted by Crippen LogP contribution is 2.25. The average Bonchev–Trinajstić information content (AvgIpc) is 2.95. The van der Waals surface area contributed by atoms with E-state index in [0.717, 1.165) is 29.5 Å². The molecule has 0 unspecified atom stereocenters. The van der Waals surface area contributed by atoms with Crippen molar-refractivity contribution in [3.8, 4) is 0 Å². The molecule has 9 heteroatoms. The van der Waals surface area contributed by atoms with Crippen molar-refractivity contribution in [3.63, 3.8) is 0 Å². The summed E-state index contributed by atoms with van der Waals surface area (Å²) in [6, 6.07) is 7.30. The molecule has 2 aromatic rings. The van der Waals surface area contributed by atoms with E-state index in [1.54, 1.807) is 0 Å². The van der Waals surface area contributed by atoms with Crippen LogP contribution in [0.15, 0.2) is 36.4 Å². The summed E-state index contributed by atoms with van der Waals surface area (Å²) in [4.78, 5) is 61.1. The number of amides is 3. The summed E-state index contributed by atoms with van der Waals surface area (Å²) in [5, 5.41) is 20.7. The highest BCUT2D eigenvalue weighted by atomic mass is 16.4. The maximum absolute atomic E-state index is 12.6. The first-order chi connectivity index (χ1) is 14.2. The lowest BCUT2D eigenvalue weighted by molar-refractivity contribution is 0.0646. The Labute approximate surface area is 170 Å². The summed E-state index contributed by atoms with van der Waals surface area (Å²) in [7, 11) is 0. The van der Waals surface area contributed by atoms with Crippen LogP contribution in [0, 0.1) is 0 Å². The molecule has 3 amide bonds. The molecule has 0 aromatic heterocycles. The van der Waals surface area contributed by atoms with Crippen molar-refractivity contribution in [3.05, 3.63) is 64.2 Å². The van der Waals surface area contributed by atoms with Gasteiger partial charge in [0.1, 0.15) is 0 Å². The fourth-order valence-electron chi connectivity index (χ4n) is 3.10. The number of fused-ring (bicyclic) bond motifs is 1. The van der Waals surface area contributed by atoms with E-state index in [4.69, 9.17) is 10.2 Å². The summed E-state index contributed by atoms with van der Waals surface area (Å²) < 4.78 is 0. The van der Waals surface area contributed by atoms with Crippen LogP contribution in [-0.2, 0) is 0 Å². The Hall–Kier alpha value is -4.01. The number of nitrogens with one attached hydrogen (secondary N) is 1. The normalized spacial score (nSPS) is 12.6. The van der Waals surface area contributed by atoms with Crippen molar-refractivity contribution in [2.24, 2.45) is 0 Å². The standard InChI is InChI=1S/C21H18N2O7/c1-2-3-6-23-18(25)15-5-4-11(10-16(15)19(23)26)17(24)22-14-8-12(20(27)28)7-13(9-14)21(29)30/h4-5,7-10H,2-3,6H2,1H3,(H,22,24)(H,27,28)(H,29,30). The van der Waals surface area contributed by atoms with E-state index >= 15 is 0 Å². The van der Waals surface area contributed by atoms with Crippen LogP contribution in [0.4, 0.5) is 5.69 Å². The molecule has 1 aliphatic rings. The minimum absolute atomic E-state index is 0.0234. The van der Waals surface area contributed by atoms with Gasteiger partial charge in [-0.2, -0.15) is 0 Å². The fourth-order valence-corrected chi connectivity index (χ4v) is 3.10. The Morgan fingerprint density at radius 1 is 0.867 bits per heavy atom. The zero-order chi connectivity index (χ0) is 22.0. The molecule has 3 N–H and O–H groups in total. The van der Waals surface area contributed by atoms with Crippen LogP contribution >= 0.6 is 0 Å². The van der Waals surface area contributed by atoms with Crippen molar-refractivity contribution >= 4 is 35.3 Å². The van der Waals surface area contributed by atoms with Crippen LogP contribution in [0.1, 0.15) is 71.6 Å². The number of imide groups is 1. The van der Waals surface area contributed by atoms with Gasteiger partial charge in [-0.25, -0.2) is 9.59 Å². The number of unbranched alkanes of at least 4 members (excludes halogenated alkanes) is 1. The largest absolute Gasteiger partial charge is 0.478 e. The molecule has 30 heavy (non-hydrogen) atoms. The molecular formula is C21H18N2O7. The summed E-state index contributed by atoms with van der Waals surface area (Å²) in [6.07, 6.45) is 1.49. The van der Waals surface area contributed by atoms with Gasteiger partial charge in [-0.05, 0) is 42.8 Å². The fraction of sp³-hybridized carbons (Fsp3) is 0.190. The number of hydrogen-bond acceptors (Lipinski definition) is 5. The molecule has 3 rings (SSSR count). The number of nitrogens with zero attached hydrogens (tertiary/aromatic N) is 1. The Balaban J connectivity index is 1.87.